The molecule has 5 nitrogen and oxygen atoms in total. The van der Waals surface area contributed by atoms with E-state index in [2.05, 4.69) is 10.1 Å². The van der Waals surface area contributed by atoms with Crippen LogP contribution in [0.3, 0.4) is 0 Å². The average Bonchev–Trinajstić information content (AvgIpc) is 2.89. The number of carbonyl (C=O) groups excluding carboxylic acids is 1. The van der Waals surface area contributed by atoms with E-state index in [0.717, 1.165) is 6.92 Å². The fraction of sp³-hybridized carbons (Fsp3) is 0.750. The number of carbonyl (C=O) groups is 1. The minimum atomic E-state index is -4.93. The SMILES string of the molecule is CCC(CC)(OC)c1noc(C(C)C(=O)C(F)(F)F)n1. The molecule has 0 aliphatic carbocycles. The highest BCUT2D eigenvalue weighted by Crippen LogP contribution is 2.32. The molecule has 0 bridgehead atoms. The van der Waals surface area contributed by atoms with Crippen LogP contribution in [-0.4, -0.2) is 29.2 Å². The number of hydrogen-bond donors (Lipinski definition) is 0. The number of nitrogens with zero attached hydrogens (tertiary/aromatic N) is 2. The van der Waals surface area contributed by atoms with Crippen molar-refractivity contribution in [2.24, 2.45) is 0 Å². The van der Waals surface area contributed by atoms with Crippen molar-refractivity contribution < 1.29 is 27.2 Å². The zero-order valence-corrected chi connectivity index (χ0v) is 11.7. The maximum absolute atomic E-state index is 12.4. The summed E-state index contributed by atoms with van der Waals surface area (Å²) in [6.45, 7) is 4.76. The third kappa shape index (κ3) is 3.00. The number of methoxy groups -OCH3 is 1. The Morgan fingerprint density at radius 3 is 2.30 bits per heavy atom. The van der Waals surface area contributed by atoms with Gasteiger partial charge in [-0.25, -0.2) is 0 Å². The van der Waals surface area contributed by atoms with Gasteiger partial charge in [-0.3, -0.25) is 4.79 Å². The first-order chi connectivity index (χ1) is 9.21. The van der Waals surface area contributed by atoms with E-state index in [4.69, 9.17) is 9.26 Å². The summed E-state index contributed by atoms with van der Waals surface area (Å²) in [6, 6.07) is 0. The molecule has 0 N–H and O–H groups in total. The van der Waals surface area contributed by atoms with Gasteiger partial charge < -0.3 is 9.26 Å². The number of halogens is 3. The van der Waals surface area contributed by atoms with Crippen molar-refractivity contribution in [3.63, 3.8) is 0 Å². The van der Waals surface area contributed by atoms with Gasteiger partial charge in [0.1, 0.15) is 11.5 Å². The Morgan fingerprint density at radius 2 is 1.90 bits per heavy atom. The summed E-state index contributed by atoms with van der Waals surface area (Å²) < 4.78 is 47.2. The summed E-state index contributed by atoms with van der Waals surface area (Å²) in [5.41, 5.74) is -0.817. The molecule has 1 aromatic rings. The summed E-state index contributed by atoms with van der Waals surface area (Å²) >= 11 is 0. The largest absolute Gasteiger partial charge is 0.450 e. The molecule has 0 aromatic carbocycles. The van der Waals surface area contributed by atoms with E-state index in [1.807, 2.05) is 13.8 Å². The second-order valence-corrected chi connectivity index (χ2v) is 4.45. The van der Waals surface area contributed by atoms with Crippen LogP contribution in [0.25, 0.3) is 0 Å². The molecular weight excluding hydrogens is 277 g/mol. The number of ketones is 1. The second-order valence-electron chi connectivity index (χ2n) is 4.45. The van der Waals surface area contributed by atoms with E-state index >= 15 is 0 Å². The van der Waals surface area contributed by atoms with Gasteiger partial charge >= 0.3 is 6.18 Å². The van der Waals surface area contributed by atoms with Crippen LogP contribution in [0.5, 0.6) is 0 Å². The number of aromatic nitrogens is 2. The van der Waals surface area contributed by atoms with Gasteiger partial charge in [-0.2, -0.15) is 18.2 Å². The van der Waals surface area contributed by atoms with Gasteiger partial charge in [-0.1, -0.05) is 19.0 Å². The van der Waals surface area contributed by atoms with E-state index < -0.39 is 23.5 Å². The van der Waals surface area contributed by atoms with Crippen LogP contribution in [-0.2, 0) is 15.1 Å². The zero-order valence-electron chi connectivity index (χ0n) is 11.7. The Bertz CT molecular complexity index is 458. The maximum Gasteiger partial charge on any atom is 0.450 e. The van der Waals surface area contributed by atoms with Gasteiger partial charge in [-0.15, -0.1) is 0 Å². The molecule has 0 saturated heterocycles. The Kier molecular flexibility index (Phi) is 4.90. The molecule has 1 unspecified atom stereocenters. The molecule has 0 fully saturated rings. The highest BCUT2D eigenvalue weighted by Gasteiger charge is 2.44. The Balaban J connectivity index is 3.06. The summed E-state index contributed by atoms with van der Waals surface area (Å²) in [4.78, 5) is 15.1. The molecule has 1 rings (SSSR count). The van der Waals surface area contributed by atoms with Gasteiger partial charge in [0.25, 0.3) is 0 Å². The van der Waals surface area contributed by atoms with Gasteiger partial charge in [0.05, 0.1) is 0 Å². The molecule has 0 spiro atoms. The van der Waals surface area contributed by atoms with Crippen molar-refractivity contribution in [3.8, 4) is 0 Å². The summed E-state index contributed by atoms with van der Waals surface area (Å²) in [7, 11) is 1.47. The second kappa shape index (κ2) is 5.90. The van der Waals surface area contributed by atoms with Crippen LogP contribution in [0.15, 0.2) is 4.52 Å². The van der Waals surface area contributed by atoms with E-state index in [1.54, 1.807) is 0 Å². The Morgan fingerprint density at radius 1 is 1.35 bits per heavy atom. The van der Waals surface area contributed by atoms with Crippen molar-refractivity contribution in [2.45, 2.75) is 51.3 Å². The van der Waals surface area contributed by atoms with Crippen LogP contribution < -0.4 is 0 Å². The molecule has 114 valence electrons. The Hall–Kier alpha value is -1.44. The summed E-state index contributed by atoms with van der Waals surface area (Å²) in [6.07, 6.45) is -3.87. The number of rotatable bonds is 6. The smallest absolute Gasteiger partial charge is 0.370 e. The highest BCUT2D eigenvalue weighted by molar-refractivity contribution is 5.89. The predicted molar refractivity (Wildman–Crippen MR) is 63.0 cm³/mol. The monoisotopic (exact) mass is 294 g/mol. The summed E-state index contributed by atoms with van der Waals surface area (Å²) in [5, 5.41) is 3.66. The molecule has 0 aliphatic heterocycles. The molecule has 0 aliphatic rings. The standard InChI is InChI=1S/C12H17F3N2O3/c1-5-11(6-2,19-4)10-16-9(20-17-10)7(3)8(18)12(13,14)15/h7H,5-6H2,1-4H3. The van der Waals surface area contributed by atoms with Crippen LogP contribution in [0.4, 0.5) is 13.2 Å². The zero-order chi connectivity index (χ0) is 15.6. The topological polar surface area (TPSA) is 65.2 Å². The lowest BCUT2D eigenvalue weighted by Gasteiger charge is -2.25. The number of alkyl halides is 3. The third-order valence-corrected chi connectivity index (χ3v) is 3.43. The average molecular weight is 294 g/mol. The first-order valence-corrected chi connectivity index (χ1v) is 6.22. The molecule has 8 heteroatoms. The highest BCUT2D eigenvalue weighted by atomic mass is 19.4. The molecule has 1 aromatic heterocycles. The van der Waals surface area contributed by atoms with Gasteiger partial charge in [0, 0.05) is 7.11 Å². The lowest BCUT2D eigenvalue weighted by atomic mass is 9.96. The van der Waals surface area contributed by atoms with Crippen molar-refractivity contribution in [1.82, 2.24) is 10.1 Å². The van der Waals surface area contributed by atoms with E-state index in [9.17, 15) is 18.0 Å². The fourth-order valence-corrected chi connectivity index (χ4v) is 1.90. The molecular formula is C12H17F3N2O3. The summed E-state index contributed by atoms with van der Waals surface area (Å²) in [5.74, 6) is -3.64. The predicted octanol–water partition coefficient (Wildman–Crippen LogP) is 2.97. The lowest BCUT2D eigenvalue weighted by Crippen LogP contribution is -2.29. The fourth-order valence-electron chi connectivity index (χ4n) is 1.90. The quantitative estimate of drug-likeness (QED) is 0.807. The van der Waals surface area contributed by atoms with Crippen molar-refractivity contribution >= 4 is 5.78 Å². The minimum absolute atomic E-state index is 0.154. The van der Waals surface area contributed by atoms with E-state index in [1.165, 1.54) is 7.11 Å². The molecule has 1 heterocycles. The van der Waals surface area contributed by atoms with Crippen molar-refractivity contribution in [1.29, 1.82) is 0 Å². The normalized spacial score (nSPS) is 14.3. The third-order valence-electron chi connectivity index (χ3n) is 3.43. The number of ether oxygens (including phenoxy) is 1. The van der Waals surface area contributed by atoms with Crippen molar-refractivity contribution in [3.05, 3.63) is 11.7 Å². The maximum atomic E-state index is 12.4. The minimum Gasteiger partial charge on any atom is -0.370 e. The molecule has 20 heavy (non-hydrogen) atoms. The van der Waals surface area contributed by atoms with Crippen LogP contribution >= 0.6 is 0 Å². The van der Waals surface area contributed by atoms with Gasteiger partial charge in [0.2, 0.25) is 17.5 Å². The van der Waals surface area contributed by atoms with Crippen LogP contribution in [0, 0.1) is 0 Å². The Labute approximate surface area is 114 Å². The number of Topliss-reactive ketones (excluding diaryl/α,β-unsaturated/α-hetero) is 1. The lowest BCUT2D eigenvalue weighted by molar-refractivity contribution is -0.172. The van der Waals surface area contributed by atoms with Crippen LogP contribution in [0.2, 0.25) is 0 Å². The molecule has 1 atom stereocenters. The van der Waals surface area contributed by atoms with E-state index in [0.29, 0.717) is 12.8 Å². The first-order valence-electron chi connectivity index (χ1n) is 6.22. The first kappa shape index (κ1) is 16.6. The molecule has 0 saturated carbocycles. The number of hydrogen-bond acceptors (Lipinski definition) is 5. The molecule has 0 radical (unpaired) electrons. The van der Waals surface area contributed by atoms with E-state index in [-0.39, 0.29) is 11.7 Å². The van der Waals surface area contributed by atoms with Crippen molar-refractivity contribution in [2.75, 3.05) is 7.11 Å². The van der Waals surface area contributed by atoms with Crippen LogP contribution in [0.1, 0.15) is 51.2 Å². The van der Waals surface area contributed by atoms with Gasteiger partial charge in [-0.05, 0) is 19.8 Å². The molecule has 0 amide bonds. The van der Waals surface area contributed by atoms with Gasteiger partial charge in [0.15, 0.2) is 0 Å².